The van der Waals surface area contributed by atoms with Crippen LogP contribution in [0.5, 0.6) is 11.5 Å². The van der Waals surface area contributed by atoms with E-state index in [9.17, 15) is 8.42 Å². The van der Waals surface area contributed by atoms with Gasteiger partial charge in [0.1, 0.15) is 16.4 Å². The Balaban J connectivity index is 2.38. The van der Waals surface area contributed by atoms with Crippen molar-refractivity contribution in [3.63, 3.8) is 0 Å². The Hall–Kier alpha value is -2.41. The largest absolute Gasteiger partial charge is 0.495 e. The molecule has 0 amide bonds. The maximum atomic E-state index is 12.2. The number of para-hydroxylation sites is 1. The molecule has 0 aliphatic heterocycles. The van der Waals surface area contributed by atoms with E-state index < -0.39 is 10.1 Å². The van der Waals surface area contributed by atoms with Gasteiger partial charge in [-0.1, -0.05) is 12.1 Å². The highest BCUT2D eigenvalue weighted by Gasteiger charge is 2.21. The summed E-state index contributed by atoms with van der Waals surface area (Å²) in [6, 6.07) is 10.4. The molecule has 0 unspecified atom stereocenters. The first-order chi connectivity index (χ1) is 9.44. The van der Waals surface area contributed by atoms with Crippen molar-refractivity contribution in [1.29, 1.82) is 0 Å². The fourth-order valence-electron chi connectivity index (χ4n) is 1.60. The van der Waals surface area contributed by atoms with Gasteiger partial charge in [-0.05, 0) is 24.3 Å². The highest BCUT2D eigenvalue weighted by atomic mass is 32.2. The molecule has 0 spiro atoms. The van der Waals surface area contributed by atoms with Crippen LogP contribution in [0.2, 0.25) is 0 Å². The van der Waals surface area contributed by atoms with E-state index in [1.54, 1.807) is 12.1 Å². The van der Waals surface area contributed by atoms with E-state index in [-0.39, 0.29) is 22.1 Å². The molecule has 0 heterocycles. The summed E-state index contributed by atoms with van der Waals surface area (Å²) in [5, 5.41) is 0. The number of hydrogen-bond donors (Lipinski definition) is 2. The second kappa shape index (κ2) is 5.30. The summed E-state index contributed by atoms with van der Waals surface area (Å²) in [4.78, 5) is -0.0575. The fraction of sp³-hybridized carbons (Fsp3) is 0.0769. The van der Waals surface area contributed by atoms with Gasteiger partial charge in [-0.25, -0.2) is 0 Å². The Morgan fingerprint density at radius 1 is 1.00 bits per heavy atom. The molecule has 2 rings (SSSR count). The Bertz CT molecular complexity index is 729. The number of nitrogens with two attached hydrogens (primary N) is 2. The van der Waals surface area contributed by atoms with Gasteiger partial charge in [0.2, 0.25) is 0 Å². The Morgan fingerprint density at radius 2 is 1.70 bits per heavy atom. The third kappa shape index (κ3) is 2.77. The molecule has 20 heavy (non-hydrogen) atoms. The van der Waals surface area contributed by atoms with Gasteiger partial charge in [0.25, 0.3) is 0 Å². The molecule has 0 atom stereocenters. The van der Waals surface area contributed by atoms with Crippen LogP contribution >= 0.6 is 0 Å². The fourth-order valence-corrected chi connectivity index (χ4v) is 2.69. The van der Waals surface area contributed by atoms with Gasteiger partial charge >= 0.3 is 10.1 Å². The first kappa shape index (κ1) is 14.0. The van der Waals surface area contributed by atoms with Crippen molar-refractivity contribution in [3.05, 3.63) is 42.5 Å². The summed E-state index contributed by atoms with van der Waals surface area (Å²) in [5.41, 5.74) is 11.8. The van der Waals surface area contributed by atoms with Crippen LogP contribution in [-0.2, 0) is 10.1 Å². The van der Waals surface area contributed by atoms with E-state index >= 15 is 0 Å². The maximum Gasteiger partial charge on any atom is 0.342 e. The quantitative estimate of drug-likeness (QED) is 0.656. The molecule has 6 nitrogen and oxygen atoms in total. The van der Waals surface area contributed by atoms with E-state index in [4.69, 9.17) is 20.4 Å². The molecule has 2 aromatic carbocycles. The van der Waals surface area contributed by atoms with Crippen LogP contribution in [0.4, 0.5) is 11.4 Å². The third-order valence-corrected chi connectivity index (χ3v) is 3.89. The zero-order valence-electron chi connectivity index (χ0n) is 10.7. The molecule has 0 aliphatic rings. The molecule has 7 heteroatoms. The highest BCUT2D eigenvalue weighted by molar-refractivity contribution is 7.87. The van der Waals surface area contributed by atoms with Crippen LogP contribution in [0.25, 0.3) is 0 Å². The highest BCUT2D eigenvalue weighted by Crippen LogP contribution is 2.28. The van der Waals surface area contributed by atoms with E-state index in [1.807, 2.05) is 0 Å². The third-order valence-electron chi connectivity index (χ3n) is 2.60. The minimum absolute atomic E-state index is 0.0575. The lowest BCUT2D eigenvalue weighted by Gasteiger charge is -2.11. The molecule has 4 N–H and O–H groups in total. The first-order valence-corrected chi connectivity index (χ1v) is 7.07. The lowest BCUT2D eigenvalue weighted by molar-refractivity contribution is 0.398. The lowest BCUT2D eigenvalue weighted by Crippen LogP contribution is -2.11. The van der Waals surface area contributed by atoms with Crippen molar-refractivity contribution in [2.45, 2.75) is 4.90 Å². The minimum atomic E-state index is -4.01. The van der Waals surface area contributed by atoms with Gasteiger partial charge < -0.3 is 20.4 Å². The monoisotopic (exact) mass is 294 g/mol. The summed E-state index contributed by atoms with van der Waals surface area (Å²) in [7, 11) is -2.62. The normalized spacial score (nSPS) is 11.1. The number of methoxy groups -OCH3 is 1. The van der Waals surface area contributed by atoms with Crippen LogP contribution in [0.1, 0.15) is 0 Å². The first-order valence-electron chi connectivity index (χ1n) is 5.66. The van der Waals surface area contributed by atoms with Crippen molar-refractivity contribution in [2.75, 3.05) is 18.6 Å². The lowest BCUT2D eigenvalue weighted by atomic mass is 10.3. The smallest absolute Gasteiger partial charge is 0.342 e. The zero-order chi connectivity index (χ0) is 14.8. The maximum absolute atomic E-state index is 12.2. The van der Waals surface area contributed by atoms with E-state index in [0.717, 1.165) is 0 Å². The van der Waals surface area contributed by atoms with Gasteiger partial charge in [-0.15, -0.1) is 0 Å². The number of anilines is 2. The molecule has 106 valence electrons. The van der Waals surface area contributed by atoms with Crippen LogP contribution < -0.4 is 20.4 Å². The molecular formula is C13H14N2O4S. The van der Waals surface area contributed by atoms with Gasteiger partial charge in [0, 0.05) is 6.07 Å². The predicted octanol–water partition coefficient (Wildman–Crippen LogP) is 1.63. The minimum Gasteiger partial charge on any atom is -0.495 e. The Morgan fingerprint density at radius 3 is 2.35 bits per heavy atom. The summed E-state index contributed by atoms with van der Waals surface area (Å²) in [6.07, 6.45) is 0. The molecule has 0 aliphatic carbocycles. The molecule has 0 aromatic heterocycles. The van der Waals surface area contributed by atoms with Crippen LogP contribution in [-0.4, -0.2) is 15.5 Å². The topological polar surface area (TPSA) is 105 Å². The van der Waals surface area contributed by atoms with Crippen molar-refractivity contribution in [2.24, 2.45) is 0 Å². The molecule has 0 saturated carbocycles. The van der Waals surface area contributed by atoms with Crippen LogP contribution in [0.3, 0.4) is 0 Å². The number of benzene rings is 2. The van der Waals surface area contributed by atoms with Crippen molar-refractivity contribution in [1.82, 2.24) is 0 Å². The summed E-state index contributed by atoms with van der Waals surface area (Å²) in [5.74, 6) is 0.290. The summed E-state index contributed by atoms with van der Waals surface area (Å²) < 4.78 is 34.4. The second-order valence-corrected chi connectivity index (χ2v) is 5.49. The summed E-state index contributed by atoms with van der Waals surface area (Å²) >= 11 is 0. The van der Waals surface area contributed by atoms with E-state index in [0.29, 0.717) is 5.69 Å². The number of nitrogen functional groups attached to an aromatic ring is 2. The van der Waals surface area contributed by atoms with Crippen LogP contribution in [0, 0.1) is 0 Å². The van der Waals surface area contributed by atoms with Gasteiger partial charge in [-0.2, -0.15) is 8.42 Å². The van der Waals surface area contributed by atoms with E-state index in [2.05, 4.69) is 0 Å². The van der Waals surface area contributed by atoms with Crippen molar-refractivity contribution < 1.29 is 17.3 Å². The second-order valence-electron chi connectivity index (χ2n) is 3.98. The number of hydrogen-bond acceptors (Lipinski definition) is 6. The van der Waals surface area contributed by atoms with Gasteiger partial charge in [0.15, 0.2) is 0 Å². The van der Waals surface area contributed by atoms with Crippen molar-refractivity contribution >= 4 is 21.5 Å². The molecule has 2 aromatic rings. The van der Waals surface area contributed by atoms with E-state index in [1.165, 1.54) is 37.4 Å². The standard InChI is InChI=1S/C13H14N2O4S/c1-18-12-4-2-3-5-13(12)20(16,17)19-9-6-7-10(14)11(15)8-9/h2-8H,14-15H2,1H3. The average Bonchev–Trinajstić information content (AvgIpc) is 2.42. The summed E-state index contributed by atoms with van der Waals surface area (Å²) in [6.45, 7) is 0. The van der Waals surface area contributed by atoms with Gasteiger partial charge in [0.05, 0.1) is 18.5 Å². The molecule has 0 saturated heterocycles. The molecular weight excluding hydrogens is 280 g/mol. The van der Waals surface area contributed by atoms with Crippen LogP contribution in [0.15, 0.2) is 47.4 Å². The van der Waals surface area contributed by atoms with Gasteiger partial charge in [-0.3, -0.25) is 0 Å². The molecule has 0 bridgehead atoms. The number of rotatable bonds is 4. The van der Waals surface area contributed by atoms with Crippen molar-refractivity contribution in [3.8, 4) is 11.5 Å². The average molecular weight is 294 g/mol. The molecule has 0 radical (unpaired) electrons. The number of ether oxygens (including phenoxy) is 1. The zero-order valence-corrected chi connectivity index (χ0v) is 11.6. The molecule has 0 fully saturated rings. The predicted molar refractivity (Wildman–Crippen MR) is 76.1 cm³/mol. The Labute approximate surface area is 117 Å². The SMILES string of the molecule is COc1ccccc1S(=O)(=O)Oc1ccc(N)c(N)c1. The Kier molecular flexibility index (Phi) is 3.71.